The first-order valence-electron chi connectivity index (χ1n) is 21.7. The van der Waals surface area contributed by atoms with E-state index in [1.54, 1.807) is 24.1 Å². The lowest BCUT2D eigenvalue weighted by Crippen LogP contribution is -2.57. The summed E-state index contributed by atoms with van der Waals surface area (Å²) in [6.07, 6.45) is 5.38. The quantitative estimate of drug-likeness (QED) is 0.197. The minimum atomic E-state index is -0.654. The first kappa shape index (κ1) is 38.6. The smallest absolute Gasteiger partial charge is 0.255 e. The normalized spacial score (nSPS) is 24.3. The van der Waals surface area contributed by atoms with Gasteiger partial charge in [0.2, 0.25) is 11.8 Å². The third-order valence-electron chi connectivity index (χ3n) is 14.2. The predicted octanol–water partition coefficient (Wildman–Crippen LogP) is 6.35. The molecule has 4 aromatic rings. The molecule has 5 heterocycles. The number of anilines is 2. The summed E-state index contributed by atoms with van der Waals surface area (Å²) in [6, 6.07) is 23.1. The van der Waals surface area contributed by atoms with Crippen molar-refractivity contribution in [3.05, 3.63) is 112 Å². The molecule has 11 nitrogen and oxygen atoms in total. The summed E-state index contributed by atoms with van der Waals surface area (Å²) in [5.74, 6) is 1.17. The van der Waals surface area contributed by atoms with Gasteiger partial charge in [0.05, 0.1) is 31.1 Å². The van der Waals surface area contributed by atoms with Gasteiger partial charge in [-0.2, -0.15) is 0 Å². The number of carbonyl (C=O) groups excluding carboxylic acids is 3. The van der Waals surface area contributed by atoms with Gasteiger partial charge in [0.15, 0.2) is 0 Å². The monoisotopic (exact) mass is 813 g/mol. The molecule has 3 saturated heterocycles. The van der Waals surface area contributed by atoms with Crippen molar-refractivity contribution < 1.29 is 33.4 Å². The Morgan fingerprint density at radius 2 is 1.70 bits per heavy atom. The number of carbonyl (C=O) groups is 3. The number of hydrogen-bond donors (Lipinski definition) is 2. The minimum absolute atomic E-state index is 0.109. The van der Waals surface area contributed by atoms with Gasteiger partial charge in [-0.25, -0.2) is 4.39 Å². The highest BCUT2D eigenvalue weighted by Crippen LogP contribution is 2.50. The number of halogens is 1. The van der Waals surface area contributed by atoms with E-state index in [4.69, 9.17) is 9.47 Å². The van der Waals surface area contributed by atoms with Crippen LogP contribution in [0.4, 0.5) is 15.8 Å². The summed E-state index contributed by atoms with van der Waals surface area (Å²) in [7, 11) is 1.68. The molecule has 0 spiro atoms. The van der Waals surface area contributed by atoms with Crippen LogP contribution in [0, 0.1) is 11.7 Å². The molecule has 0 aromatic heterocycles. The molecule has 0 saturated carbocycles. The van der Waals surface area contributed by atoms with Gasteiger partial charge in [-0.15, -0.1) is 0 Å². The van der Waals surface area contributed by atoms with E-state index in [2.05, 4.69) is 44.3 Å². The zero-order valence-corrected chi connectivity index (χ0v) is 34.1. The molecule has 5 aliphatic heterocycles. The number of fused-ring (bicyclic) bond motifs is 6. The number of imide groups is 1. The summed E-state index contributed by atoms with van der Waals surface area (Å²) in [6.45, 7) is 6.10. The third-order valence-corrected chi connectivity index (χ3v) is 14.2. The number of phenols is 1. The number of rotatable bonds is 8. The topological polar surface area (TPSA) is 115 Å². The summed E-state index contributed by atoms with van der Waals surface area (Å²) >= 11 is 0. The average Bonchev–Trinajstić information content (AvgIpc) is 3.61. The van der Waals surface area contributed by atoms with Gasteiger partial charge in [0, 0.05) is 67.8 Å². The Hall–Kier alpha value is -5.62. The first-order valence-corrected chi connectivity index (χ1v) is 21.7. The van der Waals surface area contributed by atoms with Crippen molar-refractivity contribution in [2.45, 2.75) is 75.4 Å². The Balaban J connectivity index is 0.766. The molecule has 3 amide bonds. The van der Waals surface area contributed by atoms with Crippen molar-refractivity contribution >= 4 is 29.1 Å². The summed E-state index contributed by atoms with van der Waals surface area (Å²) < 4.78 is 28.9. The largest absolute Gasteiger partial charge is 0.508 e. The Bertz CT molecular complexity index is 2330. The summed E-state index contributed by atoms with van der Waals surface area (Å²) in [5.41, 5.74) is 7.29. The lowest BCUT2D eigenvalue weighted by atomic mass is 9.69. The molecule has 312 valence electrons. The number of piperidine rings is 2. The van der Waals surface area contributed by atoms with Crippen LogP contribution in [0.15, 0.2) is 72.8 Å². The number of hydrogen-bond acceptors (Lipinski definition) is 9. The SMILES string of the molecule is COc1cc(N2CCC(CCN3CCN4c5ccc6c(c5OC[C@H]4C3)CN([C@H]3CCC(=O)NC3=O)C6=O)CC2)c(F)cc1[C@@H]1c2ccc(O)cc2CC[C@@H]1c1ccccc1. The molecule has 0 unspecified atom stereocenters. The lowest BCUT2D eigenvalue weighted by Gasteiger charge is -2.46. The fourth-order valence-corrected chi connectivity index (χ4v) is 11.0. The van der Waals surface area contributed by atoms with Gasteiger partial charge in [-0.05, 0) is 104 Å². The third kappa shape index (κ3) is 6.92. The van der Waals surface area contributed by atoms with Crippen LogP contribution in [-0.2, 0) is 22.6 Å². The van der Waals surface area contributed by atoms with E-state index in [9.17, 15) is 19.5 Å². The van der Waals surface area contributed by atoms with Crippen LogP contribution >= 0.6 is 0 Å². The van der Waals surface area contributed by atoms with Crippen molar-refractivity contribution in [2.75, 3.05) is 62.8 Å². The zero-order valence-electron chi connectivity index (χ0n) is 34.1. The van der Waals surface area contributed by atoms with Gasteiger partial charge >= 0.3 is 0 Å². The number of phenolic OH excluding ortho intramolecular Hbond substituents is 1. The fraction of sp³-hybridized carbons (Fsp3) is 0.438. The van der Waals surface area contributed by atoms with E-state index in [1.807, 2.05) is 36.4 Å². The molecule has 4 atom stereocenters. The van der Waals surface area contributed by atoms with E-state index >= 15 is 4.39 Å². The van der Waals surface area contributed by atoms with Crippen LogP contribution < -0.4 is 24.6 Å². The molecule has 3 fully saturated rings. The highest BCUT2D eigenvalue weighted by molar-refractivity contribution is 6.06. The second kappa shape index (κ2) is 15.8. The molecule has 6 aliphatic rings. The number of aromatic hydroxyl groups is 1. The van der Waals surface area contributed by atoms with Gasteiger partial charge < -0.3 is 29.3 Å². The zero-order chi connectivity index (χ0) is 41.1. The molecule has 2 N–H and O–H groups in total. The lowest BCUT2D eigenvalue weighted by molar-refractivity contribution is -0.136. The molecule has 4 aromatic carbocycles. The van der Waals surface area contributed by atoms with Gasteiger partial charge in [0.25, 0.3) is 5.91 Å². The Labute approximate surface area is 350 Å². The number of benzene rings is 4. The van der Waals surface area contributed by atoms with Crippen molar-refractivity contribution in [2.24, 2.45) is 5.92 Å². The predicted molar refractivity (Wildman–Crippen MR) is 226 cm³/mol. The van der Waals surface area contributed by atoms with Crippen LogP contribution in [0.25, 0.3) is 0 Å². The van der Waals surface area contributed by atoms with Gasteiger partial charge in [-0.1, -0.05) is 36.4 Å². The molecule has 1 aliphatic carbocycles. The maximum Gasteiger partial charge on any atom is 0.255 e. The van der Waals surface area contributed by atoms with E-state index in [-0.39, 0.29) is 47.7 Å². The highest BCUT2D eigenvalue weighted by atomic mass is 19.1. The number of nitrogens with one attached hydrogen (secondary N) is 1. The second-order valence-corrected chi connectivity index (χ2v) is 17.5. The molecular weight excluding hydrogens is 762 g/mol. The van der Waals surface area contributed by atoms with E-state index < -0.39 is 11.9 Å². The second-order valence-electron chi connectivity index (χ2n) is 17.5. The molecule has 10 rings (SSSR count). The maximum absolute atomic E-state index is 16.4. The number of aryl methyl sites for hydroxylation is 1. The van der Waals surface area contributed by atoms with Crippen molar-refractivity contribution in [3.63, 3.8) is 0 Å². The van der Waals surface area contributed by atoms with Crippen molar-refractivity contribution in [3.8, 4) is 17.2 Å². The first-order chi connectivity index (χ1) is 29.2. The van der Waals surface area contributed by atoms with Crippen LogP contribution in [0.1, 0.15) is 88.5 Å². The molecule has 12 heteroatoms. The fourth-order valence-electron chi connectivity index (χ4n) is 11.0. The van der Waals surface area contributed by atoms with E-state index in [0.29, 0.717) is 42.5 Å². The minimum Gasteiger partial charge on any atom is -0.508 e. The Kier molecular flexibility index (Phi) is 10.1. The summed E-state index contributed by atoms with van der Waals surface area (Å²) in [4.78, 5) is 46.4. The number of nitrogens with zero attached hydrogens (tertiary/aromatic N) is 4. The Morgan fingerprint density at radius 3 is 2.50 bits per heavy atom. The Morgan fingerprint density at radius 1 is 0.867 bits per heavy atom. The maximum atomic E-state index is 16.4. The van der Waals surface area contributed by atoms with Crippen molar-refractivity contribution in [1.82, 2.24) is 15.1 Å². The number of piperazine rings is 1. The van der Waals surface area contributed by atoms with Crippen LogP contribution in [0.3, 0.4) is 0 Å². The number of ether oxygens (including phenoxy) is 2. The van der Waals surface area contributed by atoms with E-state index in [0.717, 1.165) is 105 Å². The van der Waals surface area contributed by atoms with Gasteiger partial charge in [0.1, 0.15) is 35.7 Å². The molecule has 60 heavy (non-hydrogen) atoms. The van der Waals surface area contributed by atoms with E-state index in [1.165, 1.54) is 5.56 Å². The molecular formula is C48H52FN5O6. The summed E-state index contributed by atoms with van der Waals surface area (Å²) in [5, 5.41) is 12.7. The highest BCUT2D eigenvalue weighted by Gasteiger charge is 2.43. The van der Waals surface area contributed by atoms with Crippen LogP contribution in [0.2, 0.25) is 0 Å². The number of amides is 3. The average molecular weight is 814 g/mol. The van der Waals surface area contributed by atoms with Gasteiger partial charge in [-0.3, -0.25) is 24.6 Å². The van der Waals surface area contributed by atoms with Crippen LogP contribution in [-0.4, -0.2) is 97.7 Å². The van der Waals surface area contributed by atoms with Crippen molar-refractivity contribution in [1.29, 1.82) is 0 Å². The standard InChI is InChI=1S/C48H52FN5O6/c1-59-43-25-42(39(49)24-37(43)45-34(30-5-3-2-4-6-30)9-7-31-23-33(55)8-10-35(31)45)52-19-16-29(17-20-52)15-18-51-21-22-53-32(26-51)28-60-46-38-27-54(41-13-14-44(56)50-47(41)57)48(58)36(38)11-12-40(46)53/h2-6,8,10-12,23-25,29,32,34,41,45,55H,7,9,13-22,26-28H2,1H3,(H,50,56,57)/t32-,34-,41+,45+/m1/s1. The molecule has 0 bridgehead atoms. The van der Waals surface area contributed by atoms with Crippen LogP contribution in [0.5, 0.6) is 17.2 Å². The molecule has 0 radical (unpaired) electrons. The number of methoxy groups -OCH3 is 1.